The van der Waals surface area contributed by atoms with Crippen LogP contribution in [0.15, 0.2) is 42.2 Å². The highest BCUT2D eigenvalue weighted by Gasteiger charge is 2.14. The molecule has 2 unspecified atom stereocenters. The summed E-state index contributed by atoms with van der Waals surface area (Å²) in [6.07, 6.45) is 2.64. The van der Waals surface area contributed by atoms with Crippen LogP contribution in [0.3, 0.4) is 0 Å². The molecule has 10 heteroatoms. The van der Waals surface area contributed by atoms with Crippen molar-refractivity contribution in [3.63, 3.8) is 0 Å². The van der Waals surface area contributed by atoms with Gasteiger partial charge in [0.05, 0.1) is 31.1 Å². The Kier molecular flexibility index (Phi) is 14.2. The Labute approximate surface area is 251 Å². The van der Waals surface area contributed by atoms with Crippen molar-refractivity contribution in [2.75, 3.05) is 23.9 Å². The first-order chi connectivity index (χ1) is 14.7. The molecule has 0 saturated carbocycles. The fourth-order valence-corrected chi connectivity index (χ4v) is 6.71. The lowest BCUT2D eigenvalue weighted by Crippen LogP contribution is -2.08. The van der Waals surface area contributed by atoms with E-state index < -0.39 is 0 Å². The Morgan fingerprint density at radius 2 is 0.935 bits per heavy atom. The molecule has 0 radical (unpaired) electrons. The molecular formula is C21H20Br8O2. The largest absolute Gasteiger partial charge is 0.491 e. The predicted molar refractivity (Wildman–Crippen MR) is 160 cm³/mol. The Bertz CT molecular complexity index is 746. The Morgan fingerprint density at radius 3 is 1.23 bits per heavy atom. The molecule has 0 spiro atoms. The second kappa shape index (κ2) is 15.1. The summed E-state index contributed by atoms with van der Waals surface area (Å²) in [5, 5.41) is 1.81. The topological polar surface area (TPSA) is 18.5 Å². The maximum absolute atomic E-state index is 5.98. The van der Waals surface area contributed by atoms with E-state index in [1.165, 1.54) is 11.1 Å². The van der Waals surface area contributed by atoms with Crippen LogP contribution in [-0.4, -0.2) is 33.5 Å². The molecule has 2 aromatic rings. The molecule has 0 amide bonds. The van der Waals surface area contributed by atoms with Gasteiger partial charge in [0.25, 0.3) is 0 Å². The first kappa shape index (κ1) is 29.1. The summed E-state index contributed by atoms with van der Waals surface area (Å²) in [5.74, 6) is 1.66. The van der Waals surface area contributed by atoms with E-state index in [4.69, 9.17) is 9.47 Å². The molecule has 0 aliphatic rings. The normalized spacial score (nSPS) is 13.2. The number of hydrogen-bond donors (Lipinski definition) is 0. The second-order valence-electron chi connectivity index (χ2n) is 6.73. The van der Waals surface area contributed by atoms with Crippen molar-refractivity contribution in [3.8, 4) is 11.5 Å². The highest BCUT2D eigenvalue weighted by molar-refractivity contribution is 9.12. The molecule has 2 nitrogen and oxygen atoms in total. The van der Waals surface area contributed by atoms with Gasteiger partial charge in [0, 0.05) is 20.3 Å². The molecule has 2 aromatic carbocycles. The molecule has 0 fully saturated rings. The molecule has 0 aliphatic heterocycles. The SMILES string of the molecule is BrCC(Br)CCOc1c(Br)cc(Cc2cc(Br)c(OCCC(Br)CBr)c(Br)c2)cc1Br. The number of benzene rings is 2. The first-order valence-corrected chi connectivity index (χ1v) is 16.6. The van der Waals surface area contributed by atoms with Crippen LogP contribution in [0.4, 0.5) is 0 Å². The number of alkyl halides is 4. The highest BCUT2D eigenvalue weighted by Crippen LogP contribution is 2.38. The quantitative estimate of drug-likeness (QED) is 0.198. The summed E-state index contributed by atoms with van der Waals surface area (Å²) in [7, 11) is 0. The monoisotopic (exact) mass is 935 g/mol. The standard InChI is InChI=1S/C21H20Br8O2/c22-10-14(24)1-3-30-20-16(26)6-12(7-17(20)27)5-13-8-18(28)21(19(29)9-13)31-4-2-15(25)11-23/h6-9,14-15H,1-5,10-11H2. The van der Waals surface area contributed by atoms with Gasteiger partial charge in [-0.2, -0.15) is 0 Å². The first-order valence-electron chi connectivity index (χ1n) is 9.36. The molecule has 0 heterocycles. The maximum Gasteiger partial charge on any atom is 0.147 e. The summed E-state index contributed by atoms with van der Waals surface area (Å²) in [4.78, 5) is 0.803. The molecule has 172 valence electrons. The van der Waals surface area contributed by atoms with Crippen LogP contribution in [0.5, 0.6) is 11.5 Å². The van der Waals surface area contributed by atoms with Crippen molar-refractivity contribution in [3.05, 3.63) is 53.3 Å². The molecular weight excluding hydrogens is 923 g/mol. The summed E-state index contributed by atoms with van der Waals surface area (Å²) >= 11 is 28.8. The van der Waals surface area contributed by atoms with Gasteiger partial charge in [0.2, 0.25) is 0 Å². The zero-order valence-electron chi connectivity index (χ0n) is 16.3. The van der Waals surface area contributed by atoms with Gasteiger partial charge in [0.1, 0.15) is 11.5 Å². The van der Waals surface area contributed by atoms with Gasteiger partial charge < -0.3 is 9.47 Å². The summed E-state index contributed by atoms with van der Waals surface area (Å²) in [6, 6.07) is 8.44. The van der Waals surface area contributed by atoms with Crippen molar-refractivity contribution in [2.45, 2.75) is 28.9 Å². The molecule has 0 aromatic heterocycles. The molecule has 0 aliphatic carbocycles. The fourth-order valence-electron chi connectivity index (χ4n) is 2.67. The molecule has 0 bridgehead atoms. The number of hydrogen-bond acceptors (Lipinski definition) is 2. The van der Waals surface area contributed by atoms with E-state index in [0.29, 0.717) is 22.9 Å². The minimum absolute atomic E-state index is 0.401. The number of ether oxygens (including phenoxy) is 2. The van der Waals surface area contributed by atoms with Crippen molar-refractivity contribution in [1.82, 2.24) is 0 Å². The van der Waals surface area contributed by atoms with Crippen molar-refractivity contribution < 1.29 is 9.47 Å². The minimum atomic E-state index is 0.401. The van der Waals surface area contributed by atoms with Crippen LogP contribution in [0.2, 0.25) is 0 Å². The highest BCUT2D eigenvalue weighted by atomic mass is 79.9. The Hall–Kier alpha value is 1.88. The molecule has 0 saturated heterocycles. The van der Waals surface area contributed by atoms with Gasteiger partial charge >= 0.3 is 0 Å². The van der Waals surface area contributed by atoms with Gasteiger partial charge in [-0.05, 0) is 118 Å². The third kappa shape index (κ3) is 9.80. The van der Waals surface area contributed by atoms with E-state index in [0.717, 1.165) is 59.3 Å². The van der Waals surface area contributed by atoms with E-state index in [-0.39, 0.29) is 0 Å². The zero-order chi connectivity index (χ0) is 23.0. The summed E-state index contributed by atoms with van der Waals surface area (Å²) < 4.78 is 15.7. The number of halogens is 8. The zero-order valence-corrected chi connectivity index (χ0v) is 28.9. The average molecular weight is 944 g/mol. The van der Waals surface area contributed by atoms with Crippen molar-refractivity contribution in [1.29, 1.82) is 0 Å². The minimum Gasteiger partial charge on any atom is -0.491 e. The van der Waals surface area contributed by atoms with Gasteiger partial charge in [-0.1, -0.05) is 63.7 Å². The second-order valence-corrected chi connectivity index (χ2v) is 14.0. The van der Waals surface area contributed by atoms with Gasteiger partial charge in [0.15, 0.2) is 0 Å². The molecule has 31 heavy (non-hydrogen) atoms. The van der Waals surface area contributed by atoms with Crippen LogP contribution in [0.25, 0.3) is 0 Å². The summed E-state index contributed by atoms with van der Waals surface area (Å²) in [6.45, 7) is 1.29. The van der Waals surface area contributed by atoms with E-state index in [1.54, 1.807) is 0 Å². The van der Waals surface area contributed by atoms with Gasteiger partial charge in [-0.3, -0.25) is 0 Å². The van der Waals surface area contributed by atoms with Crippen LogP contribution >= 0.6 is 127 Å². The lowest BCUT2D eigenvalue weighted by atomic mass is 10.0. The molecule has 0 N–H and O–H groups in total. The smallest absolute Gasteiger partial charge is 0.147 e. The van der Waals surface area contributed by atoms with Crippen LogP contribution < -0.4 is 9.47 Å². The van der Waals surface area contributed by atoms with Crippen LogP contribution in [0, 0.1) is 0 Å². The van der Waals surface area contributed by atoms with E-state index in [1.807, 2.05) is 0 Å². The lowest BCUT2D eigenvalue weighted by Gasteiger charge is -2.15. The van der Waals surface area contributed by atoms with Crippen LogP contribution in [-0.2, 0) is 6.42 Å². The van der Waals surface area contributed by atoms with E-state index >= 15 is 0 Å². The third-order valence-corrected chi connectivity index (χ3v) is 11.4. The summed E-state index contributed by atoms with van der Waals surface area (Å²) in [5.41, 5.74) is 2.36. The van der Waals surface area contributed by atoms with E-state index in [2.05, 4.69) is 152 Å². The predicted octanol–water partition coefficient (Wildman–Crippen LogP) is 10.2. The fraction of sp³-hybridized carbons (Fsp3) is 0.429. The maximum atomic E-state index is 5.98. The Morgan fingerprint density at radius 1 is 0.613 bits per heavy atom. The van der Waals surface area contributed by atoms with Crippen LogP contribution in [0.1, 0.15) is 24.0 Å². The van der Waals surface area contributed by atoms with Crippen molar-refractivity contribution in [2.24, 2.45) is 0 Å². The van der Waals surface area contributed by atoms with E-state index in [9.17, 15) is 0 Å². The Balaban J connectivity index is 2.06. The lowest BCUT2D eigenvalue weighted by molar-refractivity contribution is 0.308. The average Bonchev–Trinajstić information content (AvgIpc) is 2.71. The van der Waals surface area contributed by atoms with Gasteiger partial charge in [-0.15, -0.1) is 0 Å². The molecule has 2 rings (SSSR count). The van der Waals surface area contributed by atoms with Crippen molar-refractivity contribution >= 4 is 127 Å². The number of rotatable bonds is 12. The molecule has 2 atom stereocenters. The third-order valence-electron chi connectivity index (χ3n) is 4.21. The van der Waals surface area contributed by atoms with Gasteiger partial charge in [-0.25, -0.2) is 0 Å².